The molecule has 1 aromatic carbocycles. The molecule has 2 atom stereocenters. The molecule has 0 saturated carbocycles. The standard InChI is InChI=1S/C18H21N3O/c1-21-11-13-5-3-4-6-15(13)16(12-21)18(22-2)8-7-17-14(9-18)10-19-20-17/h3-8,10,16H,9,11-12H2,1-2H3,(H,19,20). The number of ether oxygens (including phenoxy) is 1. The number of likely N-dealkylation sites (N-methyl/N-ethyl adjacent to an activating group) is 1. The average Bonchev–Trinajstić information content (AvgIpc) is 3.01. The van der Waals surface area contributed by atoms with Crippen LogP contribution in [0, 0.1) is 0 Å². The largest absolute Gasteiger partial charge is 0.373 e. The van der Waals surface area contributed by atoms with E-state index in [0.717, 1.165) is 25.2 Å². The van der Waals surface area contributed by atoms with Gasteiger partial charge in [0.1, 0.15) is 0 Å². The topological polar surface area (TPSA) is 41.1 Å². The van der Waals surface area contributed by atoms with Gasteiger partial charge in [-0.05, 0) is 30.3 Å². The van der Waals surface area contributed by atoms with Crippen LogP contribution in [0.25, 0.3) is 6.08 Å². The van der Waals surface area contributed by atoms with Gasteiger partial charge in [-0.3, -0.25) is 5.10 Å². The number of methoxy groups -OCH3 is 1. The molecule has 114 valence electrons. The van der Waals surface area contributed by atoms with Crippen molar-refractivity contribution in [3.63, 3.8) is 0 Å². The molecule has 1 aromatic heterocycles. The number of benzene rings is 1. The van der Waals surface area contributed by atoms with Crippen molar-refractivity contribution < 1.29 is 4.74 Å². The predicted octanol–water partition coefficient (Wildman–Crippen LogP) is 2.59. The van der Waals surface area contributed by atoms with Gasteiger partial charge in [0.25, 0.3) is 0 Å². The van der Waals surface area contributed by atoms with Crippen LogP contribution < -0.4 is 0 Å². The van der Waals surface area contributed by atoms with Crippen LogP contribution in [0.1, 0.15) is 28.3 Å². The maximum absolute atomic E-state index is 6.09. The first kappa shape index (κ1) is 13.7. The zero-order valence-corrected chi connectivity index (χ0v) is 13.0. The van der Waals surface area contributed by atoms with E-state index in [4.69, 9.17) is 4.74 Å². The smallest absolute Gasteiger partial charge is 0.0984 e. The quantitative estimate of drug-likeness (QED) is 0.926. The molecule has 1 aliphatic heterocycles. The van der Waals surface area contributed by atoms with Gasteiger partial charge in [0.2, 0.25) is 0 Å². The Labute approximate surface area is 130 Å². The molecule has 0 fully saturated rings. The SMILES string of the molecule is COC1(C2CN(C)Cc3ccccc32)C=Cc2[nH]ncc2C1. The molecular formula is C18H21N3O. The van der Waals surface area contributed by atoms with Gasteiger partial charge in [0.15, 0.2) is 0 Å². The highest BCUT2D eigenvalue weighted by atomic mass is 16.5. The molecule has 4 nitrogen and oxygen atoms in total. The summed E-state index contributed by atoms with van der Waals surface area (Å²) >= 11 is 0. The predicted molar refractivity (Wildman–Crippen MR) is 86.6 cm³/mol. The van der Waals surface area contributed by atoms with Crippen LogP contribution in [0.5, 0.6) is 0 Å². The number of hydrogen-bond donors (Lipinski definition) is 1. The van der Waals surface area contributed by atoms with E-state index in [1.807, 2.05) is 13.3 Å². The van der Waals surface area contributed by atoms with E-state index in [0.29, 0.717) is 5.92 Å². The first-order valence-electron chi connectivity index (χ1n) is 7.75. The van der Waals surface area contributed by atoms with Gasteiger partial charge in [-0.2, -0.15) is 5.10 Å². The van der Waals surface area contributed by atoms with Crippen molar-refractivity contribution in [2.75, 3.05) is 20.7 Å². The molecule has 0 amide bonds. The Kier molecular flexibility index (Phi) is 3.17. The van der Waals surface area contributed by atoms with Gasteiger partial charge >= 0.3 is 0 Å². The number of hydrogen-bond acceptors (Lipinski definition) is 3. The fourth-order valence-electron chi connectivity index (χ4n) is 3.91. The second-order valence-corrected chi connectivity index (χ2v) is 6.43. The van der Waals surface area contributed by atoms with Gasteiger partial charge in [-0.15, -0.1) is 0 Å². The molecule has 2 heterocycles. The van der Waals surface area contributed by atoms with Crippen molar-refractivity contribution in [1.29, 1.82) is 0 Å². The molecule has 0 bridgehead atoms. The van der Waals surface area contributed by atoms with Crippen molar-refractivity contribution in [3.05, 3.63) is 58.9 Å². The van der Waals surface area contributed by atoms with Crippen LogP contribution in [-0.2, 0) is 17.7 Å². The fourth-order valence-corrected chi connectivity index (χ4v) is 3.91. The van der Waals surface area contributed by atoms with Crippen molar-refractivity contribution in [2.45, 2.75) is 24.5 Å². The van der Waals surface area contributed by atoms with Crippen molar-refractivity contribution in [3.8, 4) is 0 Å². The number of aromatic amines is 1. The minimum absolute atomic E-state index is 0.304. The molecule has 1 N–H and O–H groups in total. The van der Waals surface area contributed by atoms with Crippen molar-refractivity contribution in [2.24, 2.45) is 0 Å². The Morgan fingerprint density at radius 2 is 2.18 bits per heavy atom. The van der Waals surface area contributed by atoms with E-state index in [-0.39, 0.29) is 5.60 Å². The first-order chi connectivity index (χ1) is 10.7. The summed E-state index contributed by atoms with van der Waals surface area (Å²) in [4.78, 5) is 2.38. The minimum Gasteiger partial charge on any atom is -0.373 e. The molecule has 0 spiro atoms. The summed E-state index contributed by atoms with van der Waals surface area (Å²) in [5.41, 5.74) is 4.85. The van der Waals surface area contributed by atoms with Crippen LogP contribution in [0.2, 0.25) is 0 Å². The lowest BCUT2D eigenvalue weighted by Crippen LogP contribution is -2.47. The van der Waals surface area contributed by atoms with Crippen molar-refractivity contribution in [1.82, 2.24) is 15.1 Å². The van der Waals surface area contributed by atoms with Gasteiger partial charge in [0.05, 0.1) is 17.5 Å². The van der Waals surface area contributed by atoms with Gasteiger partial charge in [-0.1, -0.05) is 24.3 Å². The van der Waals surface area contributed by atoms with E-state index in [9.17, 15) is 0 Å². The second kappa shape index (κ2) is 5.07. The van der Waals surface area contributed by atoms with Crippen LogP contribution in [-0.4, -0.2) is 41.4 Å². The maximum Gasteiger partial charge on any atom is 0.0984 e. The van der Waals surface area contributed by atoms with Gasteiger partial charge in [0, 0.05) is 38.1 Å². The summed E-state index contributed by atoms with van der Waals surface area (Å²) in [5, 5.41) is 7.21. The Balaban J connectivity index is 1.80. The summed E-state index contributed by atoms with van der Waals surface area (Å²) in [7, 11) is 4.01. The Bertz CT molecular complexity index is 721. The van der Waals surface area contributed by atoms with Crippen LogP contribution in [0.15, 0.2) is 36.5 Å². The van der Waals surface area contributed by atoms with E-state index >= 15 is 0 Å². The summed E-state index contributed by atoms with van der Waals surface area (Å²) in [5.74, 6) is 0.326. The molecule has 2 aliphatic rings. The highest BCUT2D eigenvalue weighted by Gasteiger charge is 2.43. The molecule has 4 rings (SSSR count). The number of nitrogens with one attached hydrogen (secondary N) is 1. The minimum atomic E-state index is -0.304. The molecule has 1 aliphatic carbocycles. The number of fused-ring (bicyclic) bond motifs is 2. The Morgan fingerprint density at radius 3 is 3.05 bits per heavy atom. The lowest BCUT2D eigenvalue weighted by atomic mass is 9.72. The Hall–Kier alpha value is -1.91. The molecule has 0 saturated heterocycles. The highest BCUT2D eigenvalue weighted by molar-refractivity contribution is 5.56. The maximum atomic E-state index is 6.09. The third-order valence-electron chi connectivity index (χ3n) is 5.09. The third-order valence-corrected chi connectivity index (χ3v) is 5.09. The third kappa shape index (κ3) is 2.02. The lowest BCUT2D eigenvalue weighted by molar-refractivity contribution is -0.00445. The number of rotatable bonds is 2. The summed E-state index contributed by atoms with van der Waals surface area (Å²) < 4.78 is 6.09. The van der Waals surface area contributed by atoms with Gasteiger partial charge < -0.3 is 9.64 Å². The zero-order valence-electron chi connectivity index (χ0n) is 13.0. The lowest BCUT2D eigenvalue weighted by Gasteiger charge is -2.44. The number of nitrogens with zero attached hydrogens (tertiary/aromatic N) is 2. The van der Waals surface area contributed by atoms with E-state index in [1.54, 1.807) is 0 Å². The molecule has 0 radical (unpaired) electrons. The molecular weight excluding hydrogens is 274 g/mol. The monoisotopic (exact) mass is 295 g/mol. The number of aromatic nitrogens is 2. The molecule has 22 heavy (non-hydrogen) atoms. The van der Waals surface area contributed by atoms with E-state index in [2.05, 4.69) is 58.6 Å². The molecule has 4 heteroatoms. The summed E-state index contributed by atoms with van der Waals surface area (Å²) in [6, 6.07) is 8.75. The normalized spacial score (nSPS) is 27.5. The van der Waals surface area contributed by atoms with E-state index < -0.39 is 0 Å². The number of H-pyrrole nitrogens is 1. The zero-order chi connectivity index (χ0) is 15.2. The van der Waals surface area contributed by atoms with Crippen LogP contribution in [0.4, 0.5) is 0 Å². The first-order valence-corrected chi connectivity index (χ1v) is 7.75. The van der Waals surface area contributed by atoms with Gasteiger partial charge in [-0.25, -0.2) is 0 Å². The van der Waals surface area contributed by atoms with Crippen molar-refractivity contribution >= 4 is 6.08 Å². The molecule has 2 unspecified atom stereocenters. The summed E-state index contributed by atoms with van der Waals surface area (Å²) in [6.07, 6.45) is 7.12. The summed E-state index contributed by atoms with van der Waals surface area (Å²) in [6.45, 7) is 2.01. The average molecular weight is 295 g/mol. The van der Waals surface area contributed by atoms with Crippen LogP contribution >= 0.6 is 0 Å². The Morgan fingerprint density at radius 1 is 1.32 bits per heavy atom. The van der Waals surface area contributed by atoms with E-state index in [1.165, 1.54) is 16.7 Å². The molecule has 2 aromatic rings. The highest BCUT2D eigenvalue weighted by Crippen LogP contribution is 2.42. The van der Waals surface area contributed by atoms with Crippen LogP contribution in [0.3, 0.4) is 0 Å². The fraction of sp³-hybridized carbons (Fsp3) is 0.389. The second-order valence-electron chi connectivity index (χ2n) is 6.43.